The molecule has 1 heterocycles. The van der Waals surface area contributed by atoms with Crippen LogP contribution >= 0.6 is 15.9 Å². The maximum absolute atomic E-state index is 5.13. The zero-order valence-electron chi connectivity index (χ0n) is 10.2. The molecule has 1 rings (SSSR count). The van der Waals surface area contributed by atoms with Gasteiger partial charge in [0.15, 0.2) is 0 Å². The standard InChI is InChI=1S/C11H18BrN3O/c1-5-13-11-9(12)8(6-16-4)14-10(15-11)7(2)3/h7H,5-6H2,1-4H3,(H,13,14,15). The number of hydrogen-bond donors (Lipinski definition) is 1. The quantitative estimate of drug-likeness (QED) is 0.905. The average Bonchev–Trinajstić information content (AvgIpc) is 2.24. The summed E-state index contributed by atoms with van der Waals surface area (Å²) in [5, 5.41) is 3.22. The minimum absolute atomic E-state index is 0.307. The number of anilines is 1. The number of ether oxygens (including phenoxy) is 1. The Labute approximate surface area is 105 Å². The Bertz CT molecular complexity index is 328. The molecule has 0 aliphatic carbocycles. The van der Waals surface area contributed by atoms with E-state index in [4.69, 9.17) is 4.74 Å². The van der Waals surface area contributed by atoms with Crippen molar-refractivity contribution >= 4 is 21.7 Å². The van der Waals surface area contributed by atoms with Crippen molar-refractivity contribution in [3.05, 3.63) is 16.0 Å². The lowest BCUT2D eigenvalue weighted by Gasteiger charge is -2.13. The van der Waals surface area contributed by atoms with Crippen molar-refractivity contribution in [1.82, 2.24) is 9.97 Å². The summed E-state index contributed by atoms with van der Waals surface area (Å²) in [6, 6.07) is 0. The van der Waals surface area contributed by atoms with Gasteiger partial charge in [-0.3, -0.25) is 0 Å². The molecular formula is C11H18BrN3O. The van der Waals surface area contributed by atoms with Crippen molar-refractivity contribution in [2.45, 2.75) is 33.3 Å². The predicted octanol–water partition coefficient (Wildman–Crippen LogP) is 2.94. The molecule has 0 atom stereocenters. The summed E-state index contributed by atoms with van der Waals surface area (Å²) in [4.78, 5) is 8.96. The highest BCUT2D eigenvalue weighted by atomic mass is 79.9. The summed E-state index contributed by atoms with van der Waals surface area (Å²) in [7, 11) is 1.66. The van der Waals surface area contributed by atoms with Gasteiger partial charge in [0, 0.05) is 19.6 Å². The minimum atomic E-state index is 0.307. The second kappa shape index (κ2) is 6.15. The second-order valence-corrected chi connectivity index (χ2v) is 4.60. The monoisotopic (exact) mass is 287 g/mol. The fourth-order valence-electron chi connectivity index (χ4n) is 1.29. The number of rotatable bonds is 5. The fourth-order valence-corrected chi connectivity index (χ4v) is 1.72. The summed E-state index contributed by atoms with van der Waals surface area (Å²) >= 11 is 3.50. The Morgan fingerprint density at radius 2 is 2.06 bits per heavy atom. The van der Waals surface area contributed by atoms with Crippen LogP contribution in [0.4, 0.5) is 5.82 Å². The first-order valence-electron chi connectivity index (χ1n) is 5.39. The lowest BCUT2D eigenvalue weighted by molar-refractivity contribution is 0.180. The number of nitrogens with one attached hydrogen (secondary N) is 1. The van der Waals surface area contributed by atoms with Crippen molar-refractivity contribution in [1.29, 1.82) is 0 Å². The maximum Gasteiger partial charge on any atom is 0.144 e. The molecule has 0 saturated carbocycles. The van der Waals surface area contributed by atoms with Gasteiger partial charge in [-0.25, -0.2) is 9.97 Å². The number of methoxy groups -OCH3 is 1. The SMILES string of the molecule is CCNc1nc(C(C)C)nc(COC)c1Br. The normalized spacial score (nSPS) is 10.9. The van der Waals surface area contributed by atoms with Crippen LogP contribution in [0.15, 0.2) is 4.47 Å². The van der Waals surface area contributed by atoms with E-state index < -0.39 is 0 Å². The fraction of sp³-hybridized carbons (Fsp3) is 0.636. The van der Waals surface area contributed by atoms with Crippen LogP contribution in [0, 0.1) is 0 Å². The molecule has 0 aromatic carbocycles. The van der Waals surface area contributed by atoms with Crippen LogP contribution in [-0.2, 0) is 11.3 Å². The molecule has 1 aromatic heterocycles. The molecule has 1 aromatic rings. The third kappa shape index (κ3) is 3.15. The molecule has 0 aliphatic heterocycles. The van der Waals surface area contributed by atoms with Gasteiger partial charge in [0.2, 0.25) is 0 Å². The van der Waals surface area contributed by atoms with Crippen LogP contribution in [-0.4, -0.2) is 23.6 Å². The Morgan fingerprint density at radius 1 is 1.38 bits per heavy atom. The first-order valence-corrected chi connectivity index (χ1v) is 6.18. The molecule has 1 N–H and O–H groups in total. The Balaban J connectivity index is 3.16. The molecule has 4 nitrogen and oxygen atoms in total. The van der Waals surface area contributed by atoms with Gasteiger partial charge < -0.3 is 10.1 Å². The van der Waals surface area contributed by atoms with E-state index in [9.17, 15) is 0 Å². The van der Waals surface area contributed by atoms with Gasteiger partial charge in [0.25, 0.3) is 0 Å². The van der Waals surface area contributed by atoms with Crippen LogP contribution in [0.25, 0.3) is 0 Å². The van der Waals surface area contributed by atoms with Crippen LogP contribution in [0.1, 0.15) is 38.2 Å². The van der Waals surface area contributed by atoms with Gasteiger partial charge in [0.05, 0.1) is 16.8 Å². The zero-order valence-corrected chi connectivity index (χ0v) is 11.8. The van der Waals surface area contributed by atoms with E-state index in [-0.39, 0.29) is 0 Å². The molecule has 0 saturated heterocycles. The van der Waals surface area contributed by atoms with Gasteiger partial charge in [0.1, 0.15) is 11.6 Å². The number of halogens is 1. The second-order valence-electron chi connectivity index (χ2n) is 3.81. The molecule has 0 spiro atoms. The van der Waals surface area contributed by atoms with E-state index in [0.29, 0.717) is 12.5 Å². The molecule has 0 amide bonds. The molecule has 90 valence electrons. The molecule has 0 fully saturated rings. The van der Waals surface area contributed by atoms with E-state index in [1.807, 2.05) is 6.92 Å². The van der Waals surface area contributed by atoms with Gasteiger partial charge in [-0.1, -0.05) is 13.8 Å². The summed E-state index contributed by atoms with van der Waals surface area (Å²) in [5.41, 5.74) is 0.886. The molecule has 0 unspecified atom stereocenters. The van der Waals surface area contributed by atoms with Crippen LogP contribution < -0.4 is 5.32 Å². The lowest BCUT2D eigenvalue weighted by Crippen LogP contribution is -2.09. The summed E-state index contributed by atoms with van der Waals surface area (Å²) in [6.07, 6.45) is 0. The Morgan fingerprint density at radius 3 is 2.56 bits per heavy atom. The Kier molecular flexibility index (Phi) is 5.15. The predicted molar refractivity (Wildman–Crippen MR) is 68.7 cm³/mol. The van der Waals surface area contributed by atoms with Crippen molar-refractivity contribution in [3.8, 4) is 0 Å². The van der Waals surface area contributed by atoms with E-state index >= 15 is 0 Å². The average molecular weight is 288 g/mol. The highest BCUT2D eigenvalue weighted by molar-refractivity contribution is 9.10. The maximum atomic E-state index is 5.13. The molecule has 0 bridgehead atoms. The van der Waals surface area contributed by atoms with Crippen molar-refractivity contribution in [2.75, 3.05) is 19.0 Å². The first kappa shape index (κ1) is 13.4. The number of hydrogen-bond acceptors (Lipinski definition) is 4. The topological polar surface area (TPSA) is 47.0 Å². The smallest absolute Gasteiger partial charge is 0.144 e. The first-order chi connectivity index (χ1) is 7.60. The van der Waals surface area contributed by atoms with Crippen LogP contribution in [0.5, 0.6) is 0 Å². The Hall–Kier alpha value is -0.680. The molecule has 0 aliphatic rings. The van der Waals surface area contributed by atoms with Crippen molar-refractivity contribution in [3.63, 3.8) is 0 Å². The third-order valence-electron chi connectivity index (χ3n) is 2.08. The largest absolute Gasteiger partial charge is 0.378 e. The summed E-state index contributed by atoms with van der Waals surface area (Å²) in [5.74, 6) is 1.99. The van der Waals surface area contributed by atoms with Gasteiger partial charge in [-0.05, 0) is 22.9 Å². The van der Waals surface area contributed by atoms with Crippen molar-refractivity contribution < 1.29 is 4.74 Å². The lowest BCUT2D eigenvalue weighted by atomic mass is 10.2. The minimum Gasteiger partial charge on any atom is -0.378 e. The molecule has 5 heteroatoms. The number of aromatic nitrogens is 2. The summed E-state index contributed by atoms with van der Waals surface area (Å²) in [6.45, 7) is 7.52. The third-order valence-corrected chi connectivity index (χ3v) is 2.91. The van der Waals surface area contributed by atoms with E-state index in [0.717, 1.165) is 28.4 Å². The van der Waals surface area contributed by atoms with Gasteiger partial charge in [-0.15, -0.1) is 0 Å². The van der Waals surface area contributed by atoms with E-state index in [2.05, 4.69) is 45.1 Å². The highest BCUT2D eigenvalue weighted by Gasteiger charge is 2.13. The molecule has 16 heavy (non-hydrogen) atoms. The zero-order chi connectivity index (χ0) is 12.1. The van der Waals surface area contributed by atoms with E-state index in [1.165, 1.54) is 0 Å². The van der Waals surface area contributed by atoms with Gasteiger partial charge in [-0.2, -0.15) is 0 Å². The van der Waals surface area contributed by atoms with Crippen molar-refractivity contribution in [2.24, 2.45) is 0 Å². The van der Waals surface area contributed by atoms with Gasteiger partial charge >= 0.3 is 0 Å². The highest BCUT2D eigenvalue weighted by Crippen LogP contribution is 2.26. The number of nitrogens with zero attached hydrogens (tertiary/aromatic N) is 2. The van der Waals surface area contributed by atoms with Crippen LogP contribution in [0.3, 0.4) is 0 Å². The van der Waals surface area contributed by atoms with E-state index in [1.54, 1.807) is 7.11 Å². The van der Waals surface area contributed by atoms with Crippen LogP contribution in [0.2, 0.25) is 0 Å². The molecular weight excluding hydrogens is 270 g/mol. The summed E-state index contributed by atoms with van der Waals surface area (Å²) < 4.78 is 6.02. The molecule has 0 radical (unpaired) electrons.